The largest absolute Gasteiger partial charge is 0.463 e. The fourth-order valence-electron chi connectivity index (χ4n) is 5.11. The molecular weight excluding hydrogens is 546 g/mol. The zero-order valence-corrected chi connectivity index (χ0v) is 23.6. The van der Waals surface area contributed by atoms with E-state index in [0.717, 1.165) is 0 Å². The van der Waals surface area contributed by atoms with Crippen LogP contribution < -0.4 is 5.32 Å². The Morgan fingerprint density at radius 3 is 2.51 bits per heavy atom. The van der Waals surface area contributed by atoms with Crippen LogP contribution in [0, 0.1) is 5.82 Å². The Bertz CT molecular complexity index is 1300. The summed E-state index contributed by atoms with van der Waals surface area (Å²) in [5.74, 6) is -1.48. The maximum Gasteiger partial charge on any atom is 0.338 e. The Morgan fingerprint density at radius 1 is 1.10 bits per heavy atom. The summed E-state index contributed by atoms with van der Waals surface area (Å²) in [5.41, 5.74) is 1.30. The summed E-state index contributed by atoms with van der Waals surface area (Å²) in [6, 6.07) is 9.52. The van der Waals surface area contributed by atoms with Gasteiger partial charge in [-0.15, -0.1) is 0 Å². The van der Waals surface area contributed by atoms with Crippen molar-refractivity contribution < 1.29 is 23.5 Å². The monoisotopic (exact) mass is 576 g/mol. The highest BCUT2D eigenvalue weighted by Gasteiger charge is 2.40. The third-order valence-electron chi connectivity index (χ3n) is 6.99. The number of nitrogens with one attached hydrogen (secondary N) is 1. The number of nitrogens with zero attached hydrogens (tertiary/aromatic N) is 3. The van der Waals surface area contributed by atoms with E-state index in [2.05, 4.69) is 10.2 Å². The topological polar surface area (TPSA) is 82.2 Å². The van der Waals surface area contributed by atoms with Crippen molar-refractivity contribution in [3.8, 4) is 0 Å². The van der Waals surface area contributed by atoms with Crippen molar-refractivity contribution >= 4 is 41.1 Å². The maximum absolute atomic E-state index is 14.3. The first-order valence-electron chi connectivity index (χ1n) is 12.9. The third-order valence-corrected chi connectivity index (χ3v) is 7.83. The Labute approximate surface area is 237 Å². The van der Waals surface area contributed by atoms with Crippen molar-refractivity contribution in [3.05, 3.63) is 80.7 Å². The minimum Gasteiger partial charge on any atom is -0.463 e. The van der Waals surface area contributed by atoms with Gasteiger partial charge in [0, 0.05) is 44.5 Å². The highest BCUT2D eigenvalue weighted by atomic mass is 35.5. The predicted molar refractivity (Wildman–Crippen MR) is 147 cm³/mol. The molecule has 1 fully saturated rings. The van der Waals surface area contributed by atoms with Gasteiger partial charge in [-0.1, -0.05) is 47.5 Å². The molecule has 2 aliphatic rings. The highest BCUT2D eigenvalue weighted by Crippen LogP contribution is 2.38. The molecule has 0 unspecified atom stereocenters. The maximum atomic E-state index is 14.3. The second-order valence-corrected chi connectivity index (χ2v) is 10.2. The number of halogens is 3. The summed E-state index contributed by atoms with van der Waals surface area (Å²) in [7, 11) is 0. The van der Waals surface area contributed by atoms with Gasteiger partial charge in [0.15, 0.2) is 0 Å². The molecule has 4 rings (SSSR count). The van der Waals surface area contributed by atoms with Crippen LogP contribution in [-0.4, -0.2) is 78.0 Å². The lowest BCUT2D eigenvalue weighted by atomic mass is 9.93. The molecule has 8 nitrogen and oxygen atoms in total. The van der Waals surface area contributed by atoms with Crippen LogP contribution in [0.3, 0.4) is 0 Å². The standard InChI is InChI=1S/C28H31Cl2FN4O4/c1-4-34-22(16-33-13-14-35(17(3)15-33)26(36)18-9-6-7-12-21(18)31)23(27(37)39-5-2)25(32-28(34)38)19-10-8-11-20(29)24(19)30/h6-12,17,25H,4-5,13-16H2,1-3H3,(H,32,38)/t17-,25+/m0/s1. The van der Waals surface area contributed by atoms with E-state index >= 15 is 0 Å². The lowest BCUT2D eigenvalue weighted by molar-refractivity contribution is -0.139. The number of carbonyl (C=O) groups is 3. The Balaban J connectivity index is 1.66. The normalized spacial score (nSPS) is 20.2. The summed E-state index contributed by atoms with van der Waals surface area (Å²) in [5, 5.41) is 3.43. The second kappa shape index (κ2) is 12.4. The third kappa shape index (κ3) is 5.90. The summed E-state index contributed by atoms with van der Waals surface area (Å²) in [6.07, 6.45) is 0. The molecule has 1 saturated heterocycles. The number of benzene rings is 2. The van der Waals surface area contributed by atoms with Crippen molar-refractivity contribution in [1.29, 1.82) is 0 Å². The number of hydrogen-bond donors (Lipinski definition) is 1. The first-order valence-corrected chi connectivity index (χ1v) is 13.6. The fourth-order valence-corrected chi connectivity index (χ4v) is 5.53. The van der Waals surface area contributed by atoms with E-state index in [-0.39, 0.29) is 47.3 Å². The van der Waals surface area contributed by atoms with Crippen molar-refractivity contribution in [3.63, 3.8) is 0 Å². The summed E-state index contributed by atoms with van der Waals surface area (Å²) >= 11 is 12.8. The van der Waals surface area contributed by atoms with Gasteiger partial charge in [0.05, 0.1) is 33.8 Å². The molecule has 0 aliphatic carbocycles. The van der Waals surface area contributed by atoms with Crippen LogP contribution in [0.25, 0.3) is 0 Å². The van der Waals surface area contributed by atoms with E-state index in [1.165, 1.54) is 17.0 Å². The van der Waals surface area contributed by atoms with Gasteiger partial charge in [-0.2, -0.15) is 0 Å². The number of urea groups is 1. The van der Waals surface area contributed by atoms with Crippen LogP contribution in [0.5, 0.6) is 0 Å². The minimum absolute atomic E-state index is 0.0347. The molecule has 3 amide bonds. The lowest BCUT2D eigenvalue weighted by Gasteiger charge is -2.43. The number of carbonyl (C=O) groups excluding carboxylic acids is 3. The number of ether oxygens (including phenoxy) is 1. The highest BCUT2D eigenvalue weighted by molar-refractivity contribution is 6.42. The van der Waals surface area contributed by atoms with Gasteiger partial charge < -0.3 is 15.0 Å². The van der Waals surface area contributed by atoms with Crippen LogP contribution in [-0.2, 0) is 9.53 Å². The molecule has 208 valence electrons. The fraction of sp³-hybridized carbons (Fsp3) is 0.393. The number of esters is 1. The molecule has 1 N–H and O–H groups in total. The van der Waals surface area contributed by atoms with Crippen molar-refractivity contribution in [2.45, 2.75) is 32.9 Å². The van der Waals surface area contributed by atoms with E-state index in [1.54, 1.807) is 42.2 Å². The van der Waals surface area contributed by atoms with Gasteiger partial charge in [-0.3, -0.25) is 14.6 Å². The van der Waals surface area contributed by atoms with Crippen LogP contribution in [0.1, 0.15) is 42.7 Å². The molecule has 0 bridgehead atoms. The first-order chi connectivity index (χ1) is 18.7. The van der Waals surface area contributed by atoms with Crippen LogP contribution >= 0.6 is 23.2 Å². The molecule has 11 heteroatoms. The Kier molecular flexibility index (Phi) is 9.15. The number of piperazine rings is 1. The number of likely N-dealkylation sites (N-methyl/N-ethyl adjacent to an activating group) is 1. The summed E-state index contributed by atoms with van der Waals surface area (Å²) in [6.45, 7) is 7.45. The molecule has 2 atom stereocenters. The second-order valence-electron chi connectivity index (χ2n) is 9.41. The first kappa shape index (κ1) is 28.9. The van der Waals surface area contributed by atoms with Gasteiger partial charge in [0.25, 0.3) is 5.91 Å². The Morgan fingerprint density at radius 2 is 1.85 bits per heavy atom. The summed E-state index contributed by atoms with van der Waals surface area (Å²) < 4.78 is 19.7. The van der Waals surface area contributed by atoms with Gasteiger partial charge in [0.2, 0.25) is 0 Å². The molecule has 2 aromatic rings. The minimum atomic E-state index is -0.859. The van der Waals surface area contributed by atoms with E-state index in [0.29, 0.717) is 42.5 Å². The predicted octanol–water partition coefficient (Wildman–Crippen LogP) is 4.88. The molecule has 0 spiro atoms. The molecule has 39 heavy (non-hydrogen) atoms. The molecule has 2 aliphatic heterocycles. The van der Waals surface area contributed by atoms with Crippen molar-refractivity contribution in [1.82, 2.24) is 20.0 Å². The molecule has 0 radical (unpaired) electrons. The number of rotatable bonds is 7. The molecular formula is C28H31Cl2FN4O4. The quantitative estimate of drug-likeness (QED) is 0.475. The average molecular weight is 577 g/mol. The van der Waals surface area contributed by atoms with Crippen LogP contribution in [0.4, 0.5) is 9.18 Å². The van der Waals surface area contributed by atoms with Crippen LogP contribution in [0.15, 0.2) is 53.7 Å². The van der Waals surface area contributed by atoms with E-state index in [1.807, 2.05) is 13.8 Å². The SMILES string of the molecule is CCOC(=O)C1=C(CN2CCN(C(=O)c3ccccc3F)[C@@H](C)C2)N(CC)C(=O)N[C@@H]1c1cccc(Cl)c1Cl. The van der Waals surface area contributed by atoms with E-state index in [4.69, 9.17) is 27.9 Å². The Hall–Kier alpha value is -3.14. The molecule has 0 saturated carbocycles. The average Bonchev–Trinajstić information content (AvgIpc) is 2.90. The van der Waals surface area contributed by atoms with E-state index < -0.39 is 17.8 Å². The van der Waals surface area contributed by atoms with Gasteiger partial charge in [-0.05, 0) is 44.5 Å². The van der Waals surface area contributed by atoms with E-state index in [9.17, 15) is 18.8 Å². The molecule has 2 aromatic carbocycles. The molecule has 0 aromatic heterocycles. The zero-order chi connectivity index (χ0) is 28.3. The van der Waals surface area contributed by atoms with Crippen molar-refractivity contribution in [2.75, 3.05) is 39.3 Å². The van der Waals surface area contributed by atoms with Crippen molar-refractivity contribution in [2.24, 2.45) is 0 Å². The lowest BCUT2D eigenvalue weighted by Crippen LogP contribution is -2.56. The molecule has 2 heterocycles. The van der Waals surface area contributed by atoms with Gasteiger partial charge in [-0.25, -0.2) is 14.0 Å². The summed E-state index contributed by atoms with van der Waals surface area (Å²) in [4.78, 5) is 44.9. The van der Waals surface area contributed by atoms with Crippen LogP contribution in [0.2, 0.25) is 10.0 Å². The van der Waals surface area contributed by atoms with Gasteiger partial charge in [0.1, 0.15) is 5.82 Å². The number of hydrogen-bond acceptors (Lipinski definition) is 5. The number of amides is 3. The van der Waals surface area contributed by atoms with Gasteiger partial charge >= 0.3 is 12.0 Å². The zero-order valence-electron chi connectivity index (χ0n) is 22.0. The smallest absolute Gasteiger partial charge is 0.338 e.